The minimum absolute atomic E-state index is 0.223. The predicted octanol–water partition coefficient (Wildman–Crippen LogP) is 2.64. The Morgan fingerprint density at radius 3 is 2.75 bits per heavy atom. The highest BCUT2D eigenvalue weighted by Crippen LogP contribution is 2.21. The lowest BCUT2D eigenvalue weighted by Gasteiger charge is -2.15. The van der Waals surface area contributed by atoms with Crippen LogP contribution in [0.1, 0.15) is 30.6 Å². The van der Waals surface area contributed by atoms with Crippen molar-refractivity contribution in [3.8, 4) is 0 Å². The first kappa shape index (κ1) is 12.7. The lowest BCUT2D eigenvalue weighted by atomic mass is 10.0. The molecule has 0 aliphatic carbocycles. The summed E-state index contributed by atoms with van der Waals surface area (Å²) in [6.45, 7) is 4.22. The molecule has 88 valence electrons. The van der Waals surface area contributed by atoms with E-state index in [0.29, 0.717) is 6.61 Å². The van der Waals surface area contributed by atoms with Crippen molar-refractivity contribution in [2.45, 2.75) is 26.4 Å². The third-order valence-electron chi connectivity index (χ3n) is 2.36. The van der Waals surface area contributed by atoms with E-state index in [1.807, 2.05) is 31.2 Å². The van der Waals surface area contributed by atoms with Gasteiger partial charge in [0.15, 0.2) is 0 Å². The summed E-state index contributed by atoms with van der Waals surface area (Å²) in [4.78, 5) is 11.4. The first-order valence-electron chi connectivity index (χ1n) is 5.42. The summed E-state index contributed by atoms with van der Waals surface area (Å²) in [7, 11) is 1.60. The smallest absolute Gasteiger partial charge is 0.308 e. The Bertz CT molecular complexity index is 347. The fourth-order valence-electron chi connectivity index (χ4n) is 1.58. The molecule has 0 aliphatic heterocycles. The number of carbonyl (C=O) groups excluding carboxylic acids is 1. The van der Waals surface area contributed by atoms with E-state index < -0.39 is 0 Å². The summed E-state index contributed by atoms with van der Waals surface area (Å²) in [5.41, 5.74) is 2.17. The van der Waals surface area contributed by atoms with Crippen LogP contribution in [0, 0.1) is 6.92 Å². The summed E-state index contributed by atoms with van der Waals surface area (Å²) >= 11 is 0. The largest absolute Gasteiger partial charge is 0.466 e. The van der Waals surface area contributed by atoms with Crippen molar-refractivity contribution in [2.24, 2.45) is 0 Å². The number of hydrogen-bond acceptors (Lipinski definition) is 3. The number of rotatable bonds is 5. The second-order valence-corrected chi connectivity index (χ2v) is 3.65. The van der Waals surface area contributed by atoms with Crippen molar-refractivity contribution >= 4 is 5.97 Å². The average Bonchev–Trinajstić information content (AvgIpc) is 2.26. The lowest BCUT2D eigenvalue weighted by molar-refractivity contribution is -0.146. The van der Waals surface area contributed by atoms with E-state index in [1.165, 1.54) is 0 Å². The molecule has 1 rings (SSSR count). The molecule has 0 radical (unpaired) electrons. The van der Waals surface area contributed by atoms with Crippen LogP contribution in [0.4, 0.5) is 0 Å². The number of ether oxygens (including phenoxy) is 2. The molecule has 0 saturated carbocycles. The van der Waals surface area contributed by atoms with Crippen LogP contribution in [0.2, 0.25) is 0 Å². The first-order valence-corrected chi connectivity index (χ1v) is 5.42. The summed E-state index contributed by atoms with van der Waals surface area (Å²) in [5, 5.41) is 0. The maximum absolute atomic E-state index is 11.4. The van der Waals surface area contributed by atoms with Crippen LogP contribution in [0.15, 0.2) is 24.3 Å². The predicted molar refractivity (Wildman–Crippen MR) is 62.2 cm³/mol. The van der Waals surface area contributed by atoms with E-state index in [0.717, 1.165) is 11.1 Å². The molecular weight excluding hydrogens is 204 g/mol. The summed E-state index contributed by atoms with van der Waals surface area (Å²) < 4.78 is 10.2. The molecule has 0 fully saturated rings. The van der Waals surface area contributed by atoms with Crippen LogP contribution in [0.3, 0.4) is 0 Å². The second kappa shape index (κ2) is 6.28. The van der Waals surface area contributed by atoms with Crippen LogP contribution < -0.4 is 0 Å². The van der Waals surface area contributed by atoms with Gasteiger partial charge in [-0.3, -0.25) is 4.79 Å². The second-order valence-electron chi connectivity index (χ2n) is 3.65. The zero-order valence-electron chi connectivity index (χ0n) is 10.0. The van der Waals surface area contributed by atoms with Crippen LogP contribution in [-0.2, 0) is 14.3 Å². The molecule has 1 aromatic rings. The standard InChI is InChI=1S/C13H18O3/c1-4-16-13(14)9-12(15-3)11-7-5-6-10(2)8-11/h5-8,12H,4,9H2,1-3H3. The zero-order valence-corrected chi connectivity index (χ0v) is 10.0. The molecule has 0 saturated heterocycles. The molecule has 1 unspecified atom stereocenters. The van der Waals surface area contributed by atoms with Gasteiger partial charge < -0.3 is 9.47 Å². The Hall–Kier alpha value is -1.35. The topological polar surface area (TPSA) is 35.5 Å². The highest BCUT2D eigenvalue weighted by molar-refractivity contribution is 5.70. The van der Waals surface area contributed by atoms with Gasteiger partial charge in [-0.05, 0) is 19.4 Å². The van der Waals surface area contributed by atoms with Crippen molar-refractivity contribution in [1.82, 2.24) is 0 Å². The van der Waals surface area contributed by atoms with E-state index in [2.05, 4.69) is 0 Å². The van der Waals surface area contributed by atoms with Crippen molar-refractivity contribution in [2.75, 3.05) is 13.7 Å². The summed E-state index contributed by atoms with van der Waals surface area (Å²) in [5.74, 6) is -0.226. The molecule has 0 amide bonds. The van der Waals surface area contributed by atoms with Gasteiger partial charge in [0.1, 0.15) is 0 Å². The van der Waals surface area contributed by atoms with E-state index in [1.54, 1.807) is 14.0 Å². The highest BCUT2D eigenvalue weighted by atomic mass is 16.5. The van der Waals surface area contributed by atoms with Gasteiger partial charge in [0.25, 0.3) is 0 Å². The molecule has 1 aromatic carbocycles. The minimum Gasteiger partial charge on any atom is -0.466 e. The zero-order chi connectivity index (χ0) is 12.0. The quantitative estimate of drug-likeness (QED) is 0.718. The third-order valence-corrected chi connectivity index (χ3v) is 2.36. The van der Waals surface area contributed by atoms with Gasteiger partial charge in [0, 0.05) is 7.11 Å². The van der Waals surface area contributed by atoms with E-state index >= 15 is 0 Å². The minimum atomic E-state index is -0.226. The average molecular weight is 222 g/mol. The fourth-order valence-corrected chi connectivity index (χ4v) is 1.58. The van der Waals surface area contributed by atoms with Gasteiger partial charge in [0.05, 0.1) is 19.1 Å². The molecule has 0 aliphatic rings. The molecule has 3 nitrogen and oxygen atoms in total. The molecule has 3 heteroatoms. The highest BCUT2D eigenvalue weighted by Gasteiger charge is 2.16. The third kappa shape index (κ3) is 3.66. The molecular formula is C13H18O3. The van der Waals surface area contributed by atoms with Gasteiger partial charge in [0.2, 0.25) is 0 Å². The van der Waals surface area contributed by atoms with Crippen molar-refractivity contribution in [1.29, 1.82) is 0 Å². The number of hydrogen-bond donors (Lipinski definition) is 0. The van der Waals surface area contributed by atoms with Gasteiger partial charge in [-0.15, -0.1) is 0 Å². The Balaban J connectivity index is 2.70. The molecule has 0 aromatic heterocycles. The van der Waals surface area contributed by atoms with Gasteiger partial charge in [-0.1, -0.05) is 29.8 Å². The first-order chi connectivity index (χ1) is 7.67. The Kier molecular flexibility index (Phi) is 4.99. The van der Waals surface area contributed by atoms with E-state index in [-0.39, 0.29) is 18.5 Å². The maximum atomic E-state index is 11.4. The maximum Gasteiger partial charge on any atom is 0.308 e. The molecule has 1 atom stereocenters. The number of benzene rings is 1. The van der Waals surface area contributed by atoms with Crippen LogP contribution in [-0.4, -0.2) is 19.7 Å². The Morgan fingerprint density at radius 1 is 1.44 bits per heavy atom. The summed E-state index contributed by atoms with van der Waals surface area (Å²) in [6.07, 6.45) is 0.0345. The van der Waals surface area contributed by atoms with Gasteiger partial charge >= 0.3 is 5.97 Å². The number of esters is 1. The van der Waals surface area contributed by atoms with Crippen molar-refractivity contribution in [3.05, 3.63) is 35.4 Å². The van der Waals surface area contributed by atoms with E-state index in [4.69, 9.17) is 9.47 Å². The Labute approximate surface area is 96.4 Å². The number of methoxy groups -OCH3 is 1. The van der Waals surface area contributed by atoms with Crippen LogP contribution in [0.5, 0.6) is 0 Å². The Morgan fingerprint density at radius 2 is 2.19 bits per heavy atom. The van der Waals surface area contributed by atoms with Gasteiger partial charge in [-0.25, -0.2) is 0 Å². The number of aryl methyl sites for hydroxylation is 1. The molecule has 16 heavy (non-hydrogen) atoms. The number of carbonyl (C=O) groups is 1. The van der Waals surface area contributed by atoms with Crippen molar-refractivity contribution < 1.29 is 14.3 Å². The SMILES string of the molecule is CCOC(=O)CC(OC)c1cccc(C)c1. The van der Waals surface area contributed by atoms with Crippen LogP contribution in [0.25, 0.3) is 0 Å². The summed E-state index contributed by atoms with van der Waals surface area (Å²) in [6, 6.07) is 7.95. The van der Waals surface area contributed by atoms with Gasteiger partial charge in [-0.2, -0.15) is 0 Å². The molecule has 0 N–H and O–H groups in total. The van der Waals surface area contributed by atoms with Crippen LogP contribution >= 0.6 is 0 Å². The van der Waals surface area contributed by atoms with E-state index in [9.17, 15) is 4.79 Å². The fraction of sp³-hybridized carbons (Fsp3) is 0.462. The molecule has 0 bridgehead atoms. The monoisotopic (exact) mass is 222 g/mol. The normalized spacial score (nSPS) is 12.2. The lowest BCUT2D eigenvalue weighted by Crippen LogP contribution is -2.12. The van der Waals surface area contributed by atoms with Crippen molar-refractivity contribution in [3.63, 3.8) is 0 Å². The molecule has 0 spiro atoms. The molecule has 0 heterocycles.